The molecule has 1 saturated heterocycles. The Morgan fingerprint density at radius 3 is 2.40 bits per heavy atom. The molecule has 4 rings (SSSR count). The first kappa shape index (κ1) is 12.5. The summed E-state index contributed by atoms with van der Waals surface area (Å²) < 4.78 is 0.997. The molecule has 1 aromatic rings. The van der Waals surface area contributed by atoms with Crippen molar-refractivity contribution in [1.29, 1.82) is 0 Å². The van der Waals surface area contributed by atoms with E-state index in [9.17, 15) is 9.59 Å². The maximum absolute atomic E-state index is 12.4. The maximum Gasteiger partial charge on any atom is 0.254 e. The average Bonchev–Trinajstić information content (AvgIpc) is 3.15. The second-order valence-electron chi connectivity index (χ2n) is 5.37. The van der Waals surface area contributed by atoms with Crippen LogP contribution in [0.1, 0.15) is 11.3 Å². The molecule has 2 amide bonds. The van der Waals surface area contributed by atoms with Crippen LogP contribution in [0.5, 0.6) is 0 Å². The van der Waals surface area contributed by atoms with Gasteiger partial charge in [-0.25, -0.2) is 0 Å². The van der Waals surface area contributed by atoms with Gasteiger partial charge in [0.25, 0.3) is 11.8 Å². The standard InChI is InChI=1S/C14H11BrN2O2S/c15-10-4-3-9(20-10)6-16-17-13(18)11-7-1-2-8(5-7)12(11)14(17)19/h1-4,6-8,11-12H,5H2. The molecule has 1 aromatic heterocycles. The highest BCUT2D eigenvalue weighted by molar-refractivity contribution is 9.11. The van der Waals surface area contributed by atoms with Gasteiger partial charge in [0.1, 0.15) is 0 Å². The number of halogens is 1. The number of hydrazone groups is 1. The smallest absolute Gasteiger partial charge is 0.254 e. The van der Waals surface area contributed by atoms with Crippen LogP contribution in [0.3, 0.4) is 0 Å². The zero-order valence-corrected chi connectivity index (χ0v) is 12.8. The van der Waals surface area contributed by atoms with Crippen LogP contribution in [0.25, 0.3) is 0 Å². The first-order chi connectivity index (χ1) is 9.65. The van der Waals surface area contributed by atoms with Crippen molar-refractivity contribution in [2.45, 2.75) is 6.42 Å². The fourth-order valence-corrected chi connectivity index (χ4v) is 4.80. The number of carbonyl (C=O) groups excluding carboxylic acids is 2. The molecule has 2 bridgehead atoms. The number of hydrogen-bond donors (Lipinski definition) is 0. The number of imide groups is 1. The van der Waals surface area contributed by atoms with Crippen LogP contribution in [0.4, 0.5) is 0 Å². The maximum atomic E-state index is 12.4. The number of thiophene rings is 1. The molecule has 4 atom stereocenters. The van der Waals surface area contributed by atoms with Crippen molar-refractivity contribution < 1.29 is 9.59 Å². The molecule has 0 N–H and O–H groups in total. The van der Waals surface area contributed by atoms with Crippen molar-refractivity contribution in [1.82, 2.24) is 5.01 Å². The van der Waals surface area contributed by atoms with Gasteiger partial charge in [0.15, 0.2) is 0 Å². The minimum atomic E-state index is -0.176. The zero-order valence-electron chi connectivity index (χ0n) is 10.4. The molecule has 6 heteroatoms. The summed E-state index contributed by atoms with van der Waals surface area (Å²) in [7, 11) is 0. The summed E-state index contributed by atoms with van der Waals surface area (Å²) in [5, 5.41) is 5.20. The highest BCUT2D eigenvalue weighted by atomic mass is 79.9. The number of nitrogens with zero attached hydrogens (tertiary/aromatic N) is 2. The molecule has 0 spiro atoms. The third kappa shape index (κ3) is 1.67. The topological polar surface area (TPSA) is 49.7 Å². The van der Waals surface area contributed by atoms with Gasteiger partial charge in [-0.1, -0.05) is 12.2 Å². The van der Waals surface area contributed by atoms with Gasteiger partial charge in [0, 0.05) is 4.88 Å². The third-order valence-corrected chi connectivity index (χ3v) is 5.90. The molecule has 2 fully saturated rings. The van der Waals surface area contributed by atoms with E-state index in [0.29, 0.717) is 0 Å². The Hall–Kier alpha value is -1.27. The molecule has 4 nitrogen and oxygen atoms in total. The number of rotatable bonds is 2. The second-order valence-corrected chi connectivity index (χ2v) is 7.87. The molecule has 102 valence electrons. The van der Waals surface area contributed by atoms with Crippen LogP contribution in [0, 0.1) is 23.7 Å². The lowest BCUT2D eigenvalue weighted by molar-refractivity contribution is -0.140. The summed E-state index contributed by atoms with van der Waals surface area (Å²) in [6, 6.07) is 3.81. The number of amides is 2. The molecule has 3 aliphatic rings. The van der Waals surface area contributed by atoms with Gasteiger partial charge in [-0.05, 0) is 46.3 Å². The van der Waals surface area contributed by atoms with Crippen LogP contribution in [0.2, 0.25) is 0 Å². The summed E-state index contributed by atoms with van der Waals surface area (Å²) >= 11 is 4.89. The SMILES string of the molecule is O=C1C2C3C=CC(C3)C2C(=O)N1N=Cc1ccc(Br)s1. The summed E-state index contributed by atoms with van der Waals surface area (Å²) in [6.07, 6.45) is 6.70. The number of allylic oxidation sites excluding steroid dienone is 2. The quantitative estimate of drug-likeness (QED) is 0.467. The summed E-state index contributed by atoms with van der Waals surface area (Å²) in [5.41, 5.74) is 0. The molecule has 4 unspecified atom stereocenters. The molecule has 1 aliphatic heterocycles. The lowest BCUT2D eigenvalue weighted by Gasteiger charge is -2.13. The van der Waals surface area contributed by atoms with Crippen LogP contribution in [0.15, 0.2) is 33.2 Å². The van der Waals surface area contributed by atoms with Crippen molar-refractivity contribution in [3.8, 4) is 0 Å². The van der Waals surface area contributed by atoms with Gasteiger partial charge in [-0.3, -0.25) is 9.59 Å². The van der Waals surface area contributed by atoms with E-state index in [-0.39, 0.29) is 35.5 Å². The molecule has 2 heterocycles. The van der Waals surface area contributed by atoms with Crippen molar-refractivity contribution >= 4 is 45.3 Å². The lowest BCUT2D eigenvalue weighted by Crippen LogP contribution is -2.28. The number of fused-ring (bicyclic) bond motifs is 5. The Balaban J connectivity index is 1.60. The van der Waals surface area contributed by atoms with Gasteiger partial charge in [0.05, 0.1) is 21.8 Å². The fourth-order valence-electron chi connectivity index (χ4n) is 3.51. The average molecular weight is 351 g/mol. The van der Waals surface area contributed by atoms with Crippen LogP contribution < -0.4 is 0 Å². The normalized spacial score (nSPS) is 34.8. The van der Waals surface area contributed by atoms with Crippen LogP contribution >= 0.6 is 27.3 Å². The Bertz CT molecular complexity index is 636. The summed E-state index contributed by atoms with van der Waals surface area (Å²) in [5.74, 6) is -0.156. The number of hydrogen-bond acceptors (Lipinski definition) is 4. The fraction of sp³-hybridized carbons (Fsp3) is 0.357. The van der Waals surface area contributed by atoms with E-state index < -0.39 is 0 Å². The van der Waals surface area contributed by atoms with Crippen molar-refractivity contribution in [3.63, 3.8) is 0 Å². The minimum absolute atomic E-state index is 0.135. The first-order valence-corrected chi connectivity index (χ1v) is 8.11. The first-order valence-electron chi connectivity index (χ1n) is 6.50. The molecular weight excluding hydrogens is 340 g/mol. The number of carbonyl (C=O) groups is 2. The highest BCUT2D eigenvalue weighted by Crippen LogP contribution is 2.52. The third-order valence-electron chi connectivity index (χ3n) is 4.34. The second kappa shape index (κ2) is 4.36. The van der Waals surface area contributed by atoms with E-state index >= 15 is 0 Å². The van der Waals surface area contributed by atoms with Crippen LogP contribution in [-0.4, -0.2) is 23.0 Å². The molecule has 1 saturated carbocycles. The van der Waals surface area contributed by atoms with Crippen molar-refractivity contribution in [2.24, 2.45) is 28.8 Å². The molecular formula is C14H11BrN2O2S. The predicted octanol–water partition coefficient (Wildman–Crippen LogP) is 2.65. The van der Waals surface area contributed by atoms with Crippen molar-refractivity contribution in [3.05, 3.63) is 32.9 Å². The Kier molecular flexibility index (Phi) is 2.72. The van der Waals surface area contributed by atoms with Gasteiger partial charge in [-0.15, -0.1) is 11.3 Å². The predicted molar refractivity (Wildman–Crippen MR) is 79.2 cm³/mol. The van der Waals surface area contributed by atoms with E-state index in [1.165, 1.54) is 11.3 Å². The van der Waals surface area contributed by atoms with E-state index in [2.05, 4.69) is 33.2 Å². The lowest BCUT2D eigenvalue weighted by atomic mass is 9.85. The summed E-state index contributed by atoms with van der Waals surface area (Å²) in [6.45, 7) is 0. The highest BCUT2D eigenvalue weighted by Gasteiger charge is 2.59. The molecule has 2 aliphatic carbocycles. The van der Waals surface area contributed by atoms with Gasteiger partial charge >= 0.3 is 0 Å². The Morgan fingerprint density at radius 1 is 1.20 bits per heavy atom. The van der Waals surface area contributed by atoms with E-state index in [4.69, 9.17) is 0 Å². The largest absolute Gasteiger partial charge is 0.272 e. The summed E-state index contributed by atoms with van der Waals surface area (Å²) in [4.78, 5) is 25.6. The molecule has 20 heavy (non-hydrogen) atoms. The molecule has 0 aromatic carbocycles. The van der Waals surface area contributed by atoms with Gasteiger partial charge in [-0.2, -0.15) is 10.1 Å². The van der Waals surface area contributed by atoms with Crippen molar-refractivity contribution in [2.75, 3.05) is 0 Å². The van der Waals surface area contributed by atoms with Gasteiger partial charge < -0.3 is 0 Å². The zero-order chi connectivity index (χ0) is 13.9. The van der Waals surface area contributed by atoms with Gasteiger partial charge in [0.2, 0.25) is 0 Å². The van der Waals surface area contributed by atoms with E-state index in [1.807, 2.05) is 12.1 Å². The van der Waals surface area contributed by atoms with Crippen LogP contribution in [-0.2, 0) is 9.59 Å². The Labute approximate surface area is 128 Å². The van der Waals surface area contributed by atoms with E-state index in [1.54, 1.807) is 6.21 Å². The minimum Gasteiger partial charge on any atom is -0.272 e. The monoisotopic (exact) mass is 350 g/mol. The van der Waals surface area contributed by atoms with E-state index in [0.717, 1.165) is 20.1 Å². The Morgan fingerprint density at radius 2 is 1.85 bits per heavy atom. The molecule has 0 radical (unpaired) electrons.